The minimum Gasteiger partial charge on any atom is -0.317 e. The van der Waals surface area contributed by atoms with Gasteiger partial charge in [-0.1, -0.05) is 54.6 Å². The molecule has 0 aliphatic rings. The van der Waals surface area contributed by atoms with Gasteiger partial charge < -0.3 is 5.73 Å². The maximum absolute atomic E-state index is 13.4. The molecular formula is C23H21N5O2S2. The van der Waals surface area contributed by atoms with E-state index in [1.54, 1.807) is 24.3 Å². The number of thiophene rings is 1. The predicted octanol–water partition coefficient (Wildman–Crippen LogP) is 3.96. The van der Waals surface area contributed by atoms with E-state index in [1.807, 2.05) is 55.6 Å². The molecule has 2 N–H and O–H groups in total. The first-order valence-corrected chi connectivity index (χ1v) is 12.5. The van der Waals surface area contributed by atoms with Crippen LogP contribution in [0.25, 0.3) is 15.9 Å². The van der Waals surface area contributed by atoms with E-state index in [9.17, 15) is 8.42 Å². The number of aromatic nitrogens is 4. The molecule has 0 aliphatic carbocycles. The summed E-state index contributed by atoms with van der Waals surface area (Å²) in [5.74, 6) is 0. The Morgan fingerprint density at radius 2 is 1.78 bits per heavy atom. The molecule has 0 radical (unpaired) electrons. The molecule has 32 heavy (non-hydrogen) atoms. The van der Waals surface area contributed by atoms with Crippen molar-refractivity contribution >= 4 is 37.0 Å². The molecule has 3 heterocycles. The lowest BCUT2D eigenvalue weighted by Crippen LogP contribution is -2.35. The Morgan fingerprint density at radius 3 is 2.47 bits per heavy atom. The highest BCUT2D eigenvalue weighted by Gasteiger charge is 2.32. The molecule has 0 fully saturated rings. The molecule has 162 valence electrons. The van der Waals surface area contributed by atoms with Gasteiger partial charge in [-0.05, 0) is 48.1 Å². The molecule has 9 heteroatoms. The van der Waals surface area contributed by atoms with Gasteiger partial charge in [-0.25, -0.2) is 13.4 Å². The van der Waals surface area contributed by atoms with Crippen molar-refractivity contribution in [3.8, 4) is 0 Å². The first-order valence-electron chi connectivity index (χ1n) is 10.2. The van der Waals surface area contributed by atoms with Crippen LogP contribution >= 0.6 is 11.3 Å². The number of aryl methyl sites for hydroxylation is 1. The monoisotopic (exact) mass is 463 g/mol. The number of nitrogens with two attached hydrogens (primary N) is 1. The molecule has 1 unspecified atom stereocenters. The van der Waals surface area contributed by atoms with E-state index in [1.165, 1.54) is 15.9 Å². The molecule has 2 aromatic carbocycles. The van der Waals surface area contributed by atoms with Crippen LogP contribution < -0.4 is 5.73 Å². The van der Waals surface area contributed by atoms with Crippen molar-refractivity contribution in [1.29, 1.82) is 0 Å². The Bertz CT molecular complexity index is 1540. The molecule has 5 rings (SSSR count). The minimum absolute atomic E-state index is 0.157. The van der Waals surface area contributed by atoms with Crippen molar-refractivity contribution < 1.29 is 8.42 Å². The Morgan fingerprint density at radius 1 is 1.06 bits per heavy atom. The fourth-order valence-electron chi connectivity index (χ4n) is 3.79. The van der Waals surface area contributed by atoms with Gasteiger partial charge in [-0.3, -0.25) is 0 Å². The Kier molecular flexibility index (Phi) is 4.85. The SMILES string of the molecule is CCc1ccc(S(=O)(=O)c2nnn3c2nc(C(C)(N)c2ccccc2)c2sccc23)cc1. The molecule has 1 atom stereocenters. The van der Waals surface area contributed by atoms with Crippen molar-refractivity contribution in [1.82, 2.24) is 19.8 Å². The molecular weight excluding hydrogens is 442 g/mol. The van der Waals surface area contributed by atoms with Crippen LogP contribution in [0.2, 0.25) is 0 Å². The normalized spacial score (nSPS) is 14.1. The third-order valence-electron chi connectivity index (χ3n) is 5.68. The summed E-state index contributed by atoms with van der Waals surface area (Å²) in [7, 11) is -3.92. The standard InChI is InChI=1S/C23H21N5O2S2/c1-3-15-9-11-17(12-10-15)32(29,30)22-21-25-20(23(2,24)16-7-5-4-6-8-16)19-18(13-14-31-19)28(21)27-26-22/h4-14H,3,24H2,1-2H3. The van der Waals surface area contributed by atoms with E-state index in [2.05, 4.69) is 10.3 Å². The molecule has 0 bridgehead atoms. The van der Waals surface area contributed by atoms with Gasteiger partial charge in [0.05, 0.1) is 26.3 Å². The fourth-order valence-corrected chi connectivity index (χ4v) is 6.00. The van der Waals surface area contributed by atoms with E-state index in [-0.39, 0.29) is 15.6 Å². The quantitative estimate of drug-likeness (QED) is 0.423. The number of benzene rings is 2. The predicted molar refractivity (Wildman–Crippen MR) is 125 cm³/mol. The van der Waals surface area contributed by atoms with Crippen molar-refractivity contribution in [3.05, 3.63) is 82.9 Å². The molecule has 0 aliphatic heterocycles. The van der Waals surface area contributed by atoms with Crippen molar-refractivity contribution in [3.63, 3.8) is 0 Å². The average molecular weight is 464 g/mol. The number of fused-ring (bicyclic) bond motifs is 3. The molecule has 0 amide bonds. The maximum Gasteiger partial charge on any atom is 0.229 e. The Hall–Kier alpha value is -3.14. The number of nitrogens with zero attached hydrogens (tertiary/aromatic N) is 4. The first kappa shape index (κ1) is 20.7. The zero-order valence-electron chi connectivity index (χ0n) is 17.6. The number of sulfone groups is 1. The first-order chi connectivity index (χ1) is 15.3. The zero-order valence-corrected chi connectivity index (χ0v) is 19.2. The van der Waals surface area contributed by atoms with Crippen molar-refractivity contribution in [2.24, 2.45) is 5.73 Å². The van der Waals surface area contributed by atoms with E-state index >= 15 is 0 Å². The number of hydrogen-bond donors (Lipinski definition) is 1. The van der Waals surface area contributed by atoms with Crippen LogP contribution in [0.5, 0.6) is 0 Å². The van der Waals surface area contributed by atoms with Crippen LogP contribution in [-0.4, -0.2) is 28.2 Å². The largest absolute Gasteiger partial charge is 0.317 e. The highest BCUT2D eigenvalue weighted by molar-refractivity contribution is 7.91. The van der Waals surface area contributed by atoms with Crippen molar-refractivity contribution in [2.45, 2.75) is 35.7 Å². The average Bonchev–Trinajstić information content (AvgIpc) is 3.46. The van der Waals surface area contributed by atoms with Crippen LogP contribution in [0.1, 0.15) is 30.7 Å². The van der Waals surface area contributed by atoms with Crippen molar-refractivity contribution in [2.75, 3.05) is 0 Å². The summed E-state index contributed by atoms with van der Waals surface area (Å²) in [5.41, 5.74) is 9.24. The molecule has 0 saturated carbocycles. The third kappa shape index (κ3) is 3.12. The van der Waals surface area contributed by atoms with E-state index in [0.29, 0.717) is 5.69 Å². The lowest BCUT2D eigenvalue weighted by Gasteiger charge is -2.25. The summed E-state index contributed by atoms with van der Waals surface area (Å²) >= 11 is 1.49. The lowest BCUT2D eigenvalue weighted by molar-refractivity contribution is 0.586. The van der Waals surface area contributed by atoms with Gasteiger partial charge in [0.1, 0.15) is 0 Å². The van der Waals surface area contributed by atoms with E-state index in [0.717, 1.165) is 27.8 Å². The van der Waals surface area contributed by atoms with Gasteiger partial charge in [0.2, 0.25) is 14.9 Å². The van der Waals surface area contributed by atoms with Crippen LogP contribution in [0.15, 0.2) is 76.0 Å². The van der Waals surface area contributed by atoms with Gasteiger partial charge in [-0.2, -0.15) is 4.52 Å². The van der Waals surface area contributed by atoms with Crippen LogP contribution in [0, 0.1) is 0 Å². The second-order valence-corrected chi connectivity index (χ2v) is 10.6. The Labute approximate surface area is 189 Å². The highest BCUT2D eigenvalue weighted by Crippen LogP contribution is 2.35. The van der Waals surface area contributed by atoms with Gasteiger partial charge in [0, 0.05) is 0 Å². The Balaban J connectivity index is 1.76. The molecule has 5 aromatic rings. The van der Waals surface area contributed by atoms with Gasteiger partial charge in [0.25, 0.3) is 0 Å². The van der Waals surface area contributed by atoms with E-state index < -0.39 is 15.4 Å². The smallest absolute Gasteiger partial charge is 0.229 e. The second kappa shape index (κ2) is 7.47. The molecule has 7 nitrogen and oxygen atoms in total. The zero-order chi connectivity index (χ0) is 22.5. The fraction of sp³-hybridized carbons (Fsp3) is 0.174. The maximum atomic E-state index is 13.4. The lowest BCUT2D eigenvalue weighted by atomic mass is 9.89. The molecule has 3 aromatic heterocycles. The molecule has 0 saturated heterocycles. The topological polar surface area (TPSA) is 103 Å². The molecule has 0 spiro atoms. The highest BCUT2D eigenvalue weighted by atomic mass is 32.2. The summed E-state index contributed by atoms with van der Waals surface area (Å²) in [5, 5.41) is 9.90. The third-order valence-corrected chi connectivity index (χ3v) is 8.26. The summed E-state index contributed by atoms with van der Waals surface area (Å²) in [4.78, 5) is 4.91. The van der Waals surface area contributed by atoms with Gasteiger partial charge in [0.15, 0.2) is 5.65 Å². The summed E-state index contributed by atoms with van der Waals surface area (Å²) in [6.45, 7) is 3.90. The summed E-state index contributed by atoms with van der Waals surface area (Å²) < 4.78 is 29.2. The van der Waals surface area contributed by atoms with Gasteiger partial charge >= 0.3 is 0 Å². The summed E-state index contributed by atoms with van der Waals surface area (Å²) in [6, 6.07) is 18.3. The van der Waals surface area contributed by atoms with Crippen LogP contribution in [0.4, 0.5) is 0 Å². The number of hydrogen-bond acceptors (Lipinski definition) is 7. The summed E-state index contributed by atoms with van der Waals surface area (Å²) in [6.07, 6.45) is 0.824. The second-order valence-electron chi connectivity index (χ2n) is 7.79. The number of rotatable bonds is 5. The van der Waals surface area contributed by atoms with Gasteiger partial charge in [-0.15, -0.1) is 16.4 Å². The minimum atomic E-state index is -3.92. The van der Waals surface area contributed by atoms with E-state index in [4.69, 9.17) is 10.7 Å². The van der Waals surface area contributed by atoms with Crippen LogP contribution in [-0.2, 0) is 21.8 Å². The van der Waals surface area contributed by atoms with Crippen LogP contribution in [0.3, 0.4) is 0 Å².